The summed E-state index contributed by atoms with van der Waals surface area (Å²) in [5.41, 5.74) is 7.25. The number of hydrogen-bond acceptors (Lipinski definition) is 4. The molecule has 5 nitrogen and oxygen atoms in total. The predicted octanol–water partition coefficient (Wildman–Crippen LogP) is -0.610. The van der Waals surface area contributed by atoms with E-state index in [-0.39, 0.29) is 35.3 Å². The summed E-state index contributed by atoms with van der Waals surface area (Å²) >= 11 is 0. The molecule has 21 heavy (non-hydrogen) atoms. The van der Waals surface area contributed by atoms with E-state index in [1.807, 2.05) is 0 Å². The van der Waals surface area contributed by atoms with E-state index < -0.39 is 10.4 Å². The van der Waals surface area contributed by atoms with Gasteiger partial charge in [0.2, 0.25) is 0 Å². The van der Waals surface area contributed by atoms with Gasteiger partial charge in [0.05, 0.1) is 5.76 Å². The van der Waals surface area contributed by atoms with Crippen LogP contribution in [0.4, 0.5) is 5.69 Å². The van der Waals surface area contributed by atoms with Crippen molar-refractivity contribution in [2.24, 2.45) is 0 Å². The maximum absolute atomic E-state index is 10.9. The molecule has 0 aliphatic rings. The van der Waals surface area contributed by atoms with Crippen LogP contribution in [-0.4, -0.2) is 13.0 Å². The van der Waals surface area contributed by atoms with Crippen LogP contribution in [0.1, 0.15) is 11.1 Å². The Bertz CT molecular complexity index is 712. The van der Waals surface area contributed by atoms with Crippen LogP contribution in [0.2, 0.25) is 0 Å². The van der Waals surface area contributed by atoms with Crippen molar-refractivity contribution in [1.29, 1.82) is 0 Å². The number of rotatable bonds is 4. The van der Waals surface area contributed by atoms with Crippen LogP contribution in [0.25, 0.3) is 11.8 Å². The van der Waals surface area contributed by atoms with E-state index in [2.05, 4.69) is 10.2 Å². The molecule has 2 aromatic rings. The molecule has 0 amide bonds. The average Bonchev–Trinajstić information content (AvgIpc) is 2.40. The third kappa shape index (κ3) is 5.91. The van der Waals surface area contributed by atoms with Gasteiger partial charge in [-0.1, -0.05) is 18.2 Å². The van der Waals surface area contributed by atoms with E-state index in [9.17, 15) is 8.42 Å². The average molecular weight is 313 g/mol. The minimum atomic E-state index is -4.61. The molecule has 3 N–H and O–H groups in total. The minimum absolute atomic E-state index is 0. The maximum Gasteiger partial charge on any atom is 1.00 e. The fraction of sp³-hybridized carbons (Fsp3) is 0. The summed E-state index contributed by atoms with van der Waals surface area (Å²) in [4.78, 5) is 0. The Hall–Kier alpha value is -1.31. The van der Waals surface area contributed by atoms with Crippen LogP contribution in [0, 0.1) is 6.07 Å². The van der Waals surface area contributed by atoms with Gasteiger partial charge in [0.25, 0.3) is 0 Å². The summed E-state index contributed by atoms with van der Waals surface area (Å²) in [5, 5.41) is 0. The van der Waals surface area contributed by atoms with Gasteiger partial charge in [0, 0.05) is 5.69 Å². The van der Waals surface area contributed by atoms with Gasteiger partial charge in [0.1, 0.15) is 0 Å². The fourth-order valence-electron chi connectivity index (χ4n) is 1.55. The van der Waals surface area contributed by atoms with E-state index >= 15 is 0 Å². The van der Waals surface area contributed by atoms with Crippen LogP contribution < -0.4 is 35.3 Å². The van der Waals surface area contributed by atoms with Crippen molar-refractivity contribution < 1.29 is 46.7 Å². The van der Waals surface area contributed by atoms with Crippen LogP contribution in [0.3, 0.4) is 0 Å². The molecule has 0 fully saturated rings. The van der Waals surface area contributed by atoms with Gasteiger partial charge in [-0.25, -0.2) is 0 Å². The monoisotopic (exact) mass is 313 g/mol. The quantitative estimate of drug-likeness (QED) is 0.196. The summed E-state index contributed by atoms with van der Waals surface area (Å²) in [5.74, 6) is -0.0297. The van der Waals surface area contributed by atoms with Gasteiger partial charge in [0.15, 0.2) is 0 Å². The molecule has 0 aliphatic carbocycles. The summed E-state index contributed by atoms with van der Waals surface area (Å²) < 4.78 is 35.3. The van der Waals surface area contributed by atoms with Crippen LogP contribution in [-0.2, 0) is 14.6 Å². The molecule has 0 atom stereocenters. The Morgan fingerprint density at radius 2 is 1.86 bits per heavy atom. The Balaban J connectivity index is 0.00000220. The molecule has 104 valence electrons. The first kappa shape index (κ1) is 17.7. The minimum Gasteiger partial charge on any atom is -0.409 e. The van der Waals surface area contributed by atoms with E-state index in [0.29, 0.717) is 16.8 Å². The molecule has 2 aromatic carbocycles. The molecule has 0 saturated carbocycles. The largest absolute Gasteiger partial charge is 1.00 e. The normalized spacial score (nSPS) is 11.6. The number of hydrogen-bond donors (Lipinski definition) is 2. The van der Waals surface area contributed by atoms with Crippen LogP contribution in [0.15, 0.2) is 48.5 Å². The van der Waals surface area contributed by atoms with Gasteiger partial charge in [-0.05, 0) is 17.7 Å². The molecule has 2 rings (SSSR count). The summed E-state index contributed by atoms with van der Waals surface area (Å²) in [6.07, 6.45) is 1.47. The second-order valence-electron chi connectivity index (χ2n) is 3.96. The standard InChI is InChI=1S/C14H12NO4S.Na/c15-13-8-6-11(7-9-13)10-14(19-20(16,17)18)12-4-2-1-3-5-12;/h1-4,6-10H,15H2,(H,16,17,18);/q-1;+1/b14-10+;. The molecule has 0 unspecified atom stereocenters. The summed E-state index contributed by atoms with van der Waals surface area (Å²) in [6, 6.07) is 16.2. The van der Waals surface area contributed by atoms with Crippen molar-refractivity contribution >= 4 is 27.9 Å². The van der Waals surface area contributed by atoms with Crippen molar-refractivity contribution in [3.63, 3.8) is 0 Å². The molecular formula is C14H12NNaO4S. The molecule has 0 aliphatic heterocycles. The maximum atomic E-state index is 10.9. The fourth-order valence-corrected chi connectivity index (χ4v) is 1.92. The van der Waals surface area contributed by atoms with Crippen molar-refractivity contribution in [2.45, 2.75) is 0 Å². The topological polar surface area (TPSA) is 89.6 Å². The van der Waals surface area contributed by atoms with Gasteiger partial charge in [-0.3, -0.25) is 4.55 Å². The zero-order valence-electron chi connectivity index (χ0n) is 11.4. The van der Waals surface area contributed by atoms with E-state index in [0.717, 1.165) is 0 Å². The van der Waals surface area contributed by atoms with Crippen molar-refractivity contribution in [3.8, 4) is 0 Å². The number of nitrogens with two attached hydrogens (primary N) is 1. The Morgan fingerprint density at radius 1 is 1.19 bits per heavy atom. The molecule has 0 aromatic heterocycles. The van der Waals surface area contributed by atoms with Gasteiger partial charge < -0.3 is 9.92 Å². The first-order chi connectivity index (χ1) is 9.44. The Labute approximate surface area is 145 Å². The predicted molar refractivity (Wildman–Crippen MR) is 76.6 cm³/mol. The summed E-state index contributed by atoms with van der Waals surface area (Å²) in [7, 11) is -4.61. The van der Waals surface area contributed by atoms with Gasteiger partial charge >= 0.3 is 40.0 Å². The second-order valence-corrected chi connectivity index (χ2v) is 4.98. The zero-order chi connectivity index (χ0) is 14.6. The first-order valence-corrected chi connectivity index (χ1v) is 7.02. The van der Waals surface area contributed by atoms with Crippen molar-refractivity contribution in [3.05, 3.63) is 65.7 Å². The number of benzene rings is 2. The van der Waals surface area contributed by atoms with Crippen LogP contribution in [0.5, 0.6) is 0 Å². The first-order valence-electron chi connectivity index (χ1n) is 5.65. The SMILES string of the molecule is Nc1ccc(/C=C(/OS(=O)(=O)O)c2[c-]cccc2)cc1.[Na+]. The van der Waals surface area contributed by atoms with Crippen molar-refractivity contribution in [2.75, 3.05) is 5.73 Å². The molecule has 0 saturated heterocycles. The molecule has 0 heterocycles. The van der Waals surface area contributed by atoms with Crippen molar-refractivity contribution in [1.82, 2.24) is 0 Å². The molecule has 0 radical (unpaired) electrons. The molecular weight excluding hydrogens is 301 g/mol. The number of anilines is 1. The van der Waals surface area contributed by atoms with Gasteiger partial charge in [-0.15, -0.1) is 35.9 Å². The smallest absolute Gasteiger partial charge is 0.409 e. The zero-order valence-corrected chi connectivity index (χ0v) is 14.2. The third-order valence-electron chi connectivity index (χ3n) is 2.40. The molecule has 0 spiro atoms. The second kappa shape index (κ2) is 7.63. The van der Waals surface area contributed by atoms with E-state index in [1.165, 1.54) is 6.08 Å². The van der Waals surface area contributed by atoms with E-state index in [1.54, 1.807) is 48.5 Å². The Morgan fingerprint density at radius 3 is 2.38 bits per heavy atom. The van der Waals surface area contributed by atoms with Gasteiger partial charge in [-0.2, -0.15) is 8.42 Å². The van der Waals surface area contributed by atoms with E-state index in [4.69, 9.17) is 10.3 Å². The van der Waals surface area contributed by atoms with Crippen LogP contribution >= 0.6 is 0 Å². The molecule has 7 heteroatoms. The number of nitrogen functional groups attached to an aromatic ring is 1. The summed E-state index contributed by atoms with van der Waals surface area (Å²) in [6.45, 7) is 0. The third-order valence-corrected chi connectivity index (χ3v) is 2.79. The Kier molecular flexibility index (Phi) is 6.44. The molecule has 0 bridgehead atoms.